The van der Waals surface area contributed by atoms with Crippen LogP contribution >= 0.6 is 0 Å². The summed E-state index contributed by atoms with van der Waals surface area (Å²) in [5.41, 5.74) is 0.701. The normalized spacial score (nSPS) is 21.7. The first-order valence-corrected chi connectivity index (χ1v) is 6.85. The average Bonchev–Trinajstić information content (AvgIpc) is 2.88. The van der Waals surface area contributed by atoms with E-state index in [4.69, 9.17) is 4.74 Å². The number of aliphatic hydroxyl groups is 1. The number of hydrogen-bond acceptors (Lipinski definition) is 5. The van der Waals surface area contributed by atoms with E-state index in [0.29, 0.717) is 24.2 Å². The van der Waals surface area contributed by atoms with E-state index in [9.17, 15) is 9.90 Å². The van der Waals surface area contributed by atoms with Crippen molar-refractivity contribution in [3.05, 3.63) is 30.4 Å². The maximum Gasteiger partial charge on any atom is 0.257 e. The second-order valence-corrected chi connectivity index (χ2v) is 5.83. The van der Waals surface area contributed by atoms with Crippen LogP contribution in [0.5, 0.6) is 0 Å². The van der Waals surface area contributed by atoms with E-state index in [2.05, 4.69) is 10.1 Å². The molecule has 0 bridgehead atoms. The van der Waals surface area contributed by atoms with Crippen molar-refractivity contribution in [2.24, 2.45) is 0 Å². The Morgan fingerprint density at radius 3 is 3.10 bits per heavy atom. The highest BCUT2D eigenvalue weighted by atomic mass is 16.5. The Morgan fingerprint density at radius 1 is 1.52 bits per heavy atom. The predicted octanol–water partition coefficient (Wildman–Crippen LogP) is 0.341. The standard InChI is InChI=1S/C14H18N4O3/c1-14(2)9-17(7-10(8-19)21-14)13(20)11-5-16-18-4-3-15-6-12(11)18/h3-6,10,19H,7-9H2,1-2H3. The van der Waals surface area contributed by atoms with Gasteiger partial charge in [-0.1, -0.05) is 0 Å². The molecule has 3 heterocycles. The maximum absolute atomic E-state index is 12.7. The van der Waals surface area contributed by atoms with Gasteiger partial charge in [0.15, 0.2) is 0 Å². The molecule has 112 valence electrons. The van der Waals surface area contributed by atoms with Gasteiger partial charge in [-0.25, -0.2) is 4.52 Å². The van der Waals surface area contributed by atoms with Gasteiger partial charge in [0.1, 0.15) is 0 Å². The second kappa shape index (κ2) is 5.09. The molecule has 0 aromatic carbocycles. The van der Waals surface area contributed by atoms with E-state index in [1.807, 2.05) is 13.8 Å². The third-order valence-corrected chi connectivity index (χ3v) is 3.53. The molecule has 1 aliphatic rings. The summed E-state index contributed by atoms with van der Waals surface area (Å²) >= 11 is 0. The van der Waals surface area contributed by atoms with Crippen LogP contribution in [0.25, 0.3) is 5.52 Å². The molecule has 0 spiro atoms. The average molecular weight is 290 g/mol. The van der Waals surface area contributed by atoms with Crippen molar-refractivity contribution in [1.82, 2.24) is 19.5 Å². The molecule has 0 saturated carbocycles. The molecular formula is C14H18N4O3. The Labute approximate surface area is 122 Å². The summed E-state index contributed by atoms with van der Waals surface area (Å²) in [4.78, 5) is 18.5. The Bertz CT molecular complexity index is 667. The molecular weight excluding hydrogens is 272 g/mol. The fraction of sp³-hybridized carbons (Fsp3) is 0.500. The van der Waals surface area contributed by atoms with Crippen LogP contribution < -0.4 is 0 Å². The summed E-state index contributed by atoms with van der Waals surface area (Å²) in [6.07, 6.45) is 6.13. The van der Waals surface area contributed by atoms with Crippen LogP contribution in [0.15, 0.2) is 24.8 Å². The minimum atomic E-state index is -0.484. The lowest BCUT2D eigenvalue weighted by molar-refractivity contribution is -0.139. The lowest BCUT2D eigenvalue weighted by Crippen LogP contribution is -2.55. The third kappa shape index (κ3) is 2.62. The van der Waals surface area contributed by atoms with Gasteiger partial charge >= 0.3 is 0 Å². The first-order chi connectivity index (χ1) is 10.00. The van der Waals surface area contributed by atoms with Gasteiger partial charge in [0, 0.05) is 25.5 Å². The number of nitrogens with zero attached hydrogens (tertiary/aromatic N) is 4. The van der Waals surface area contributed by atoms with Crippen LogP contribution in [0.3, 0.4) is 0 Å². The molecule has 3 rings (SSSR count). The number of hydrogen-bond donors (Lipinski definition) is 1. The van der Waals surface area contributed by atoms with E-state index < -0.39 is 5.60 Å². The van der Waals surface area contributed by atoms with Gasteiger partial charge in [0.2, 0.25) is 0 Å². The van der Waals surface area contributed by atoms with Crippen LogP contribution in [0, 0.1) is 0 Å². The monoisotopic (exact) mass is 290 g/mol. The zero-order valence-electron chi connectivity index (χ0n) is 12.1. The van der Waals surface area contributed by atoms with Crippen LogP contribution in [0.2, 0.25) is 0 Å². The van der Waals surface area contributed by atoms with Gasteiger partial charge in [-0.2, -0.15) is 5.10 Å². The van der Waals surface area contributed by atoms with Crippen molar-refractivity contribution >= 4 is 11.4 Å². The quantitative estimate of drug-likeness (QED) is 0.863. The van der Waals surface area contributed by atoms with Crippen LogP contribution in [0.4, 0.5) is 0 Å². The van der Waals surface area contributed by atoms with Crippen molar-refractivity contribution < 1.29 is 14.6 Å². The molecule has 1 unspecified atom stereocenters. The van der Waals surface area contributed by atoms with Crippen LogP contribution in [-0.2, 0) is 4.74 Å². The highest BCUT2D eigenvalue weighted by Crippen LogP contribution is 2.23. The molecule has 1 N–H and O–H groups in total. The molecule has 0 radical (unpaired) electrons. The summed E-state index contributed by atoms with van der Waals surface area (Å²) in [7, 11) is 0. The number of carbonyl (C=O) groups excluding carboxylic acids is 1. The Morgan fingerprint density at radius 2 is 2.33 bits per heavy atom. The number of ether oxygens (including phenoxy) is 1. The molecule has 1 atom stereocenters. The molecule has 21 heavy (non-hydrogen) atoms. The number of carbonyl (C=O) groups is 1. The second-order valence-electron chi connectivity index (χ2n) is 5.83. The molecule has 1 fully saturated rings. The first kappa shape index (κ1) is 14.0. The van der Waals surface area contributed by atoms with Crippen molar-refractivity contribution in [3.63, 3.8) is 0 Å². The summed E-state index contributed by atoms with van der Waals surface area (Å²) < 4.78 is 7.35. The molecule has 1 aliphatic heterocycles. The van der Waals surface area contributed by atoms with E-state index in [1.54, 1.807) is 34.2 Å². The molecule has 0 aliphatic carbocycles. The lowest BCUT2D eigenvalue weighted by Gasteiger charge is -2.42. The minimum Gasteiger partial charge on any atom is -0.394 e. The molecule has 7 heteroatoms. The largest absolute Gasteiger partial charge is 0.394 e. The topological polar surface area (TPSA) is 80.0 Å². The molecule has 1 amide bonds. The zero-order valence-corrected chi connectivity index (χ0v) is 12.1. The highest BCUT2D eigenvalue weighted by Gasteiger charge is 2.36. The molecule has 2 aromatic rings. The summed E-state index contributed by atoms with van der Waals surface area (Å²) in [6.45, 7) is 4.55. The number of aromatic nitrogens is 3. The van der Waals surface area contributed by atoms with Crippen molar-refractivity contribution in [3.8, 4) is 0 Å². The van der Waals surface area contributed by atoms with E-state index in [1.165, 1.54) is 0 Å². The summed E-state index contributed by atoms with van der Waals surface area (Å²) in [5, 5.41) is 13.5. The van der Waals surface area contributed by atoms with E-state index >= 15 is 0 Å². The van der Waals surface area contributed by atoms with Crippen molar-refractivity contribution in [2.45, 2.75) is 25.6 Å². The van der Waals surface area contributed by atoms with Crippen LogP contribution in [-0.4, -0.2) is 61.9 Å². The lowest BCUT2D eigenvalue weighted by atomic mass is 10.0. The SMILES string of the molecule is CC1(C)CN(C(=O)c2cnn3ccncc23)CC(CO)O1. The number of rotatable bonds is 2. The summed E-state index contributed by atoms with van der Waals surface area (Å²) in [6, 6.07) is 0. The van der Waals surface area contributed by atoms with Gasteiger partial charge in [-0.3, -0.25) is 9.78 Å². The number of amides is 1. The smallest absolute Gasteiger partial charge is 0.257 e. The number of aliphatic hydroxyl groups excluding tert-OH is 1. The fourth-order valence-electron chi connectivity index (χ4n) is 2.71. The van der Waals surface area contributed by atoms with Gasteiger partial charge in [0.05, 0.1) is 41.8 Å². The number of fused-ring (bicyclic) bond motifs is 1. The Hall–Kier alpha value is -1.99. The maximum atomic E-state index is 12.7. The van der Waals surface area contributed by atoms with Crippen molar-refractivity contribution in [1.29, 1.82) is 0 Å². The van der Waals surface area contributed by atoms with Gasteiger partial charge < -0.3 is 14.7 Å². The van der Waals surface area contributed by atoms with Crippen LogP contribution in [0.1, 0.15) is 24.2 Å². The predicted molar refractivity (Wildman–Crippen MR) is 74.9 cm³/mol. The van der Waals surface area contributed by atoms with E-state index in [-0.39, 0.29) is 18.6 Å². The minimum absolute atomic E-state index is 0.108. The van der Waals surface area contributed by atoms with E-state index in [0.717, 1.165) is 0 Å². The Kier molecular flexibility index (Phi) is 3.38. The molecule has 7 nitrogen and oxygen atoms in total. The molecule has 2 aromatic heterocycles. The molecule has 1 saturated heterocycles. The van der Waals surface area contributed by atoms with Gasteiger partial charge in [-0.15, -0.1) is 0 Å². The Balaban J connectivity index is 1.90. The third-order valence-electron chi connectivity index (χ3n) is 3.53. The van der Waals surface area contributed by atoms with Crippen molar-refractivity contribution in [2.75, 3.05) is 19.7 Å². The fourth-order valence-corrected chi connectivity index (χ4v) is 2.71. The zero-order chi connectivity index (χ0) is 15.0. The van der Waals surface area contributed by atoms with Gasteiger partial charge in [-0.05, 0) is 13.8 Å². The first-order valence-electron chi connectivity index (χ1n) is 6.85. The summed E-state index contributed by atoms with van der Waals surface area (Å²) in [5.74, 6) is -0.118. The number of morpholine rings is 1. The highest BCUT2D eigenvalue weighted by molar-refractivity contribution is 6.00. The van der Waals surface area contributed by atoms with Gasteiger partial charge in [0.25, 0.3) is 5.91 Å².